The fraction of sp³-hybridized carbons (Fsp3) is 0.318. The van der Waals surface area contributed by atoms with Gasteiger partial charge < -0.3 is 14.5 Å². The van der Waals surface area contributed by atoms with Crippen LogP contribution in [0.1, 0.15) is 35.0 Å². The number of hydrogen-bond acceptors (Lipinski definition) is 3. The van der Waals surface area contributed by atoms with E-state index in [1.165, 1.54) is 6.07 Å². The van der Waals surface area contributed by atoms with Gasteiger partial charge >= 0.3 is 0 Å². The van der Waals surface area contributed by atoms with E-state index in [0.29, 0.717) is 28.4 Å². The third kappa shape index (κ3) is 3.58. The minimum absolute atomic E-state index is 0. The molecule has 0 spiro atoms. The van der Waals surface area contributed by atoms with Crippen molar-refractivity contribution in [2.75, 3.05) is 0 Å². The number of pyridine rings is 1. The van der Waals surface area contributed by atoms with Crippen molar-refractivity contribution in [3.8, 4) is 0 Å². The lowest BCUT2D eigenvalue weighted by molar-refractivity contribution is -0.120. The fourth-order valence-electron chi connectivity index (χ4n) is 4.77. The summed E-state index contributed by atoms with van der Waals surface area (Å²) in [5.41, 5.74) is 3.08. The van der Waals surface area contributed by atoms with Crippen molar-refractivity contribution in [3.63, 3.8) is 0 Å². The Kier molecular flexibility index (Phi) is 5.70. The van der Waals surface area contributed by atoms with Gasteiger partial charge in [-0.15, -0.1) is 12.4 Å². The van der Waals surface area contributed by atoms with Crippen LogP contribution in [0.25, 0.3) is 0 Å². The minimum atomic E-state index is -0.314. The van der Waals surface area contributed by atoms with Gasteiger partial charge in [-0.2, -0.15) is 0 Å². The Labute approximate surface area is 195 Å². The number of carbonyl (C=O) groups excluding carboxylic acids is 1. The molecule has 3 heterocycles. The van der Waals surface area contributed by atoms with Crippen LogP contribution in [0.5, 0.6) is 0 Å². The Morgan fingerprint density at radius 2 is 2.19 bits per heavy atom. The molecule has 1 N–H and O–H groups in total. The zero-order chi connectivity index (χ0) is 21.0. The van der Waals surface area contributed by atoms with Gasteiger partial charge in [0.1, 0.15) is 5.82 Å². The minimum Gasteiger partial charge on any atom is -0.350 e. The number of rotatable bonds is 5. The van der Waals surface area contributed by atoms with E-state index in [4.69, 9.17) is 23.8 Å². The van der Waals surface area contributed by atoms with Gasteiger partial charge in [-0.1, -0.05) is 17.7 Å². The van der Waals surface area contributed by atoms with E-state index in [9.17, 15) is 9.18 Å². The highest BCUT2D eigenvalue weighted by Crippen LogP contribution is 2.66. The number of fused-ring (bicyclic) bond motifs is 3. The van der Waals surface area contributed by atoms with Crippen molar-refractivity contribution in [1.29, 1.82) is 0 Å². The molecule has 1 aliphatic heterocycles. The number of hydrogen-bond donors (Lipinski definition) is 1. The van der Waals surface area contributed by atoms with Gasteiger partial charge in [-0.05, 0) is 54.5 Å². The van der Waals surface area contributed by atoms with Crippen LogP contribution in [0.15, 0.2) is 42.6 Å². The standard InChI is InChI=1S/C22H20ClFN4OS.ClH/c1-27-18(9-19(29)26-11-14-4-2-3-7-25-14)20-16-10-22(16,12-28(20)21(27)30)15-8-13(23)5-6-17(15)24;/h2-8,16H,9-12H2,1H3,(H,26,29);1H/t16-,22+;/m0./s1. The number of carbonyl (C=O) groups is 1. The second-order valence-corrected chi connectivity index (χ2v) is 8.87. The Hall–Kier alpha value is -2.22. The normalized spacial score (nSPS) is 20.5. The summed E-state index contributed by atoms with van der Waals surface area (Å²) in [6.07, 6.45) is 2.76. The molecule has 1 amide bonds. The van der Waals surface area contributed by atoms with Crippen LogP contribution < -0.4 is 5.32 Å². The summed E-state index contributed by atoms with van der Waals surface area (Å²) < 4.78 is 19.2. The number of halogens is 3. The highest BCUT2D eigenvalue weighted by molar-refractivity contribution is 7.71. The maximum Gasteiger partial charge on any atom is 0.226 e. The van der Waals surface area contributed by atoms with E-state index >= 15 is 0 Å². The Morgan fingerprint density at radius 3 is 2.94 bits per heavy atom. The Bertz CT molecular complexity index is 1230. The van der Waals surface area contributed by atoms with Gasteiger partial charge in [0.15, 0.2) is 4.77 Å². The van der Waals surface area contributed by atoms with Crippen LogP contribution in [0.4, 0.5) is 4.39 Å². The topological polar surface area (TPSA) is 51.9 Å². The van der Waals surface area contributed by atoms with Gasteiger partial charge in [0.2, 0.25) is 5.91 Å². The van der Waals surface area contributed by atoms with Gasteiger partial charge in [-0.3, -0.25) is 9.78 Å². The third-order valence-electron chi connectivity index (χ3n) is 6.34. The predicted molar refractivity (Wildman–Crippen MR) is 122 cm³/mol. The maximum atomic E-state index is 14.6. The lowest BCUT2D eigenvalue weighted by Crippen LogP contribution is -2.26. The summed E-state index contributed by atoms with van der Waals surface area (Å²) in [6.45, 7) is 0.994. The number of amides is 1. The Balaban J connectivity index is 0.00000231. The smallest absolute Gasteiger partial charge is 0.226 e. The SMILES string of the molecule is Cl.Cn1c(CC(=O)NCc2ccccn2)c2n(c1=S)C[C@@]1(c3cc(Cl)ccc3F)C[C@@H]21. The van der Waals surface area contributed by atoms with E-state index in [1.807, 2.05) is 29.8 Å². The van der Waals surface area contributed by atoms with E-state index in [1.54, 1.807) is 18.3 Å². The van der Waals surface area contributed by atoms with E-state index in [0.717, 1.165) is 23.5 Å². The number of nitrogens with zero attached hydrogens (tertiary/aromatic N) is 3. The average Bonchev–Trinajstić information content (AvgIpc) is 3.30. The molecule has 1 fully saturated rings. The molecule has 2 aromatic heterocycles. The van der Waals surface area contributed by atoms with Gasteiger partial charge in [0.05, 0.1) is 18.7 Å². The molecular weight excluding hydrogens is 458 g/mol. The van der Waals surface area contributed by atoms with Crippen LogP contribution in [-0.4, -0.2) is 20.0 Å². The third-order valence-corrected chi connectivity index (χ3v) is 7.07. The number of imidazole rings is 1. The molecule has 162 valence electrons. The maximum absolute atomic E-state index is 14.6. The van der Waals surface area contributed by atoms with Crippen LogP contribution in [0.2, 0.25) is 5.02 Å². The van der Waals surface area contributed by atoms with Crippen LogP contribution in [-0.2, 0) is 36.8 Å². The quantitative estimate of drug-likeness (QED) is 0.550. The molecule has 0 radical (unpaired) electrons. The van der Waals surface area contributed by atoms with Gasteiger partial charge in [0.25, 0.3) is 0 Å². The molecule has 0 saturated heterocycles. The lowest BCUT2D eigenvalue weighted by Gasteiger charge is -2.15. The molecule has 1 aromatic carbocycles. The molecule has 1 saturated carbocycles. The highest BCUT2D eigenvalue weighted by Gasteiger charge is 2.63. The molecule has 5 nitrogen and oxygen atoms in total. The average molecular weight is 479 g/mol. The van der Waals surface area contributed by atoms with Crippen molar-refractivity contribution in [3.05, 3.63) is 80.9 Å². The van der Waals surface area contributed by atoms with Crippen molar-refractivity contribution in [2.24, 2.45) is 7.05 Å². The summed E-state index contributed by atoms with van der Waals surface area (Å²) in [7, 11) is 1.89. The summed E-state index contributed by atoms with van der Waals surface area (Å²) in [4.78, 5) is 16.9. The summed E-state index contributed by atoms with van der Waals surface area (Å²) >= 11 is 11.8. The predicted octanol–water partition coefficient (Wildman–Crippen LogP) is 4.46. The molecule has 1 aliphatic carbocycles. The summed E-state index contributed by atoms with van der Waals surface area (Å²) in [5, 5.41) is 3.45. The van der Waals surface area contributed by atoms with Crippen molar-refractivity contribution >= 4 is 42.1 Å². The molecule has 0 unspecified atom stereocenters. The molecule has 5 rings (SSSR count). The number of benzene rings is 1. The van der Waals surface area contributed by atoms with Gasteiger partial charge in [0, 0.05) is 47.5 Å². The van der Waals surface area contributed by atoms with Crippen molar-refractivity contribution in [1.82, 2.24) is 19.4 Å². The van der Waals surface area contributed by atoms with Gasteiger partial charge in [-0.25, -0.2) is 4.39 Å². The first-order valence-corrected chi connectivity index (χ1v) is 10.6. The monoisotopic (exact) mass is 478 g/mol. The largest absolute Gasteiger partial charge is 0.350 e. The number of aromatic nitrogens is 3. The van der Waals surface area contributed by atoms with Crippen LogP contribution >= 0.6 is 36.2 Å². The fourth-order valence-corrected chi connectivity index (χ4v) is 5.21. The summed E-state index contributed by atoms with van der Waals surface area (Å²) in [6, 6.07) is 10.3. The van der Waals surface area contributed by atoms with Crippen LogP contribution in [0.3, 0.4) is 0 Å². The molecule has 3 aromatic rings. The van der Waals surface area contributed by atoms with E-state index in [-0.39, 0.29) is 41.9 Å². The molecule has 0 bridgehead atoms. The van der Waals surface area contributed by atoms with Crippen LogP contribution in [0, 0.1) is 10.6 Å². The van der Waals surface area contributed by atoms with Crippen molar-refractivity contribution in [2.45, 2.75) is 37.3 Å². The first-order valence-electron chi connectivity index (χ1n) is 9.81. The molecule has 9 heteroatoms. The summed E-state index contributed by atoms with van der Waals surface area (Å²) in [5.74, 6) is -0.184. The first kappa shape index (κ1) is 22.0. The lowest BCUT2D eigenvalue weighted by atomic mass is 9.93. The second-order valence-electron chi connectivity index (χ2n) is 8.07. The second kappa shape index (κ2) is 8.04. The highest BCUT2D eigenvalue weighted by atomic mass is 35.5. The zero-order valence-electron chi connectivity index (χ0n) is 16.8. The van der Waals surface area contributed by atoms with E-state index in [2.05, 4.69) is 14.9 Å². The van der Waals surface area contributed by atoms with E-state index < -0.39 is 0 Å². The Morgan fingerprint density at radius 1 is 1.39 bits per heavy atom. The molecule has 31 heavy (non-hydrogen) atoms. The molecule has 2 aliphatic rings. The first-order chi connectivity index (χ1) is 14.4. The van der Waals surface area contributed by atoms with Crippen molar-refractivity contribution < 1.29 is 9.18 Å². The number of nitrogens with one attached hydrogen (secondary N) is 1. The molecular formula is C22H21Cl2FN4OS. The molecule has 2 atom stereocenters. The zero-order valence-corrected chi connectivity index (χ0v) is 19.2.